The number of para-hydroxylation sites is 1. The molecule has 0 saturated carbocycles. The van der Waals surface area contributed by atoms with Gasteiger partial charge in [0, 0.05) is 24.8 Å². The van der Waals surface area contributed by atoms with Crippen molar-refractivity contribution in [3.63, 3.8) is 0 Å². The van der Waals surface area contributed by atoms with Gasteiger partial charge in [-0.1, -0.05) is 48.5 Å². The maximum atomic E-state index is 3.72. The smallest absolute Gasteiger partial charge is 0.0584 e. The van der Waals surface area contributed by atoms with Gasteiger partial charge in [0.15, 0.2) is 0 Å². The van der Waals surface area contributed by atoms with Crippen molar-refractivity contribution in [1.82, 2.24) is 5.32 Å². The van der Waals surface area contributed by atoms with Crippen molar-refractivity contribution in [2.75, 3.05) is 18.0 Å². The van der Waals surface area contributed by atoms with Gasteiger partial charge in [-0.15, -0.1) is 0 Å². The molecular weight excluding hydrogens is 244 g/mol. The molecule has 1 N–H and O–H groups in total. The minimum Gasteiger partial charge on any atom is -0.365 e. The minimum absolute atomic E-state index is 0.00358. The first-order chi connectivity index (χ1) is 9.69. The molecule has 3 rings (SSSR count). The van der Waals surface area contributed by atoms with E-state index in [0.717, 1.165) is 13.1 Å². The zero-order chi connectivity index (χ0) is 14.0. The van der Waals surface area contributed by atoms with E-state index in [1.165, 1.54) is 11.3 Å². The molecule has 0 spiro atoms. The predicted molar refractivity (Wildman–Crippen MR) is 85.0 cm³/mol. The third-order valence-electron chi connectivity index (χ3n) is 4.31. The zero-order valence-corrected chi connectivity index (χ0v) is 12.2. The van der Waals surface area contributed by atoms with Gasteiger partial charge in [0.05, 0.1) is 5.54 Å². The SMILES string of the molecule is CC1CNC(C)(c2ccccc2)CN1c1ccccc1. The second kappa shape index (κ2) is 5.29. The van der Waals surface area contributed by atoms with Gasteiger partial charge < -0.3 is 10.2 Å². The summed E-state index contributed by atoms with van der Waals surface area (Å²) in [4.78, 5) is 2.50. The van der Waals surface area contributed by atoms with E-state index in [1.807, 2.05) is 0 Å². The predicted octanol–water partition coefficient (Wildman–Crippen LogP) is 3.40. The van der Waals surface area contributed by atoms with Crippen LogP contribution in [0.3, 0.4) is 0 Å². The summed E-state index contributed by atoms with van der Waals surface area (Å²) in [6, 6.07) is 22.0. The molecule has 2 heteroatoms. The van der Waals surface area contributed by atoms with Crippen LogP contribution in [0.5, 0.6) is 0 Å². The van der Waals surface area contributed by atoms with Crippen LogP contribution in [0.1, 0.15) is 19.4 Å². The van der Waals surface area contributed by atoms with Crippen molar-refractivity contribution in [3.05, 3.63) is 66.2 Å². The molecule has 0 bridgehead atoms. The van der Waals surface area contributed by atoms with Crippen molar-refractivity contribution in [3.8, 4) is 0 Å². The van der Waals surface area contributed by atoms with Crippen molar-refractivity contribution >= 4 is 5.69 Å². The third kappa shape index (κ3) is 2.44. The maximum absolute atomic E-state index is 3.72. The Bertz CT molecular complexity index is 552. The van der Waals surface area contributed by atoms with E-state index in [1.54, 1.807) is 0 Å². The van der Waals surface area contributed by atoms with Gasteiger partial charge in [-0.25, -0.2) is 0 Å². The second-order valence-electron chi connectivity index (χ2n) is 5.89. The Hall–Kier alpha value is -1.80. The van der Waals surface area contributed by atoms with Crippen molar-refractivity contribution in [2.24, 2.45) is 0 Å². The Balaban J connectivity index is 1.90. The summed E-state index contributed by atoms with van der Waals surface area (Å²) in [6.45, 7) is 6.57. The molecule has 1 saturated heterocycles. The number of rotatable bonds is 2. The van der Waals surface area contributed by atoms with Crippen LogP contribution < -0.4 is 10.2 Å². The van der Waals surface area contributed by atoms with E-state index >= 15 is 0 Å². The van der Waals surface area contributed by atoms with Crippen molar-refractivity contribution in [2.45, 2.75) is 25.4 Å². The van der Waals surface area contributed by atoms with Crippen molar-refractivity contribution in [1.29, 1.82) is 0 Å². The lowest BCUT2D eigenvalue weighted by atomic mass is 9.88. The number of nitrogens with one attached hydrogen (secondary N) is 1. The van der Waals surface area contributed by atoms with Crippen LogP contribution in [0.25, 0.3) is 0 Å². The molecule has 1 fully saturated rings. The third-order valence-corrected chi connectivity index (χ3v) is 4.31. The van der Waals surface area contributed by atoms with Gasteiger partial charge in [-0.2, -0.15) is 0 Å². The topological polar surface area (TPSA) is 15.3 Å². The number of hydrogen-bond donors (Lipinski definition) is 1. The fourth-order valence-electron chi connectivity index (χ4n) is 3.00. The Morgan fingerprint density at radius 1 is 1.00 bits per heavy atom. The van der Waals surface area contributed by atoms with E-state index in [9.17, 15) is 0 Å². The van der Waals surface area contributed by atoms with Crippen LogP contribution in [0.15, 0.2) is 60.7 Å². The average Bonchev–Trinajstić information content (AvgIpc) is 2.52. The van der Waals surface area contributed by atoms with Gasteiger partial charge in [0.2, 0.25) is 0 Å². The molecule has 1 heterocycles. The summed E-state index contributed by atoms with van der Waals surface area (Å²) in [6.07, 6.45) is 0. The first-order valence-corrected chi connectivity index (χ1v) is 7.31. The molecule has 2 aromatic carbocycles. The van der Waals surface area contributed by atoms with Gasteiger partial charge in [-0.3, -0.25) is 0 Å². The molecule has 2 aromatic rings. The highest BCUT2D eigenvalue weighted by Gasteiger charge is 2.35. The normalized spacial score (nSPS) is 26.5. The summed E-state index contributed by atoms with van der Waals surface area (Å²) in [5, 5.41) is 3.72. The first kappa shape index (κ1) is 13.2. The molecule has 0 amide bonds. The van der Waals surface area contributed by atoms with E-state index in [4.69, 9.17) is 0 Å². The van der Waals surface area contributed by atoms with E-state index in [2.05, 4.69) is 84.7 Å². The Kier molecular flexibility index (Phi) is 3.49. The number of nitrogens with zero attached hydrogens (tertiary/aromatic N) is 1. The van der Waals surface area contributed by atoms with Gasteiger partial charge in [0.25, 0.3) is 0 Å². The van der Waals surface area contributed by atoms with Crippen LogP contribution >= 0.6 is 0 Å². The van der Waals surface area contributed by atoms with Crippen LogP contribution in [-0.4, -0.2) is 19.1 Å². The molecule has 2 nitrogen and oxygen atoms in total. The monoisotopic (exact) mass is 266 g/mol. The quantitative estimate of drug-likeness (QED) is 0.896. The molecule has 0 aliphatic carbocycles. The van der Waals surface area contributed by atoms with E-state index < -0.39 is 0 Å². The van der Waals surface area contributed by atoms with Gasteiger partial charge in [0.1, 0.15) is 0 Å². The lowest BCUT2D eigenvalue weighted by Crippen LogP contribution is -2.60. The fourth-order valence-corrected chi connectivity index (χ4v) is 3.00. The number of anilines is 1. The molecular formula is C18H22N2. The molecule has 0 aromatic heterocycles. The van der Waals surface area contributed by atoms with Crippen molar-refractivity contribution < 1.29 is 0 Å². The lowest BCUT2D eigenvalue weighted by Gasteiger charge is -2.46. The van der Waals surface area contributed by atoms with Crippen LogP contribution in [0, 0.1) is 0 Å². The molecule has 0 radical (unpaired) electrons. The first-order valence-electron chi connectivity index (χ1n) is 7.31. The molecule has 1 aliphatic heterocycles. The molecule has 2 atom stereocenters. The average molecular weight is 266 g/mol. The largest absolute Gasteiger partial charge is 0.365 e. The number of benzene rings is 2. The molecule has 2 unspecified atom stereocenters. The Morgan fingerprint density at radius 3 is 2.25 bits per heavy atom. The molecule has 1 aliphatic rings. The van der Waals surface area contributed by atoms with Crippen LogP contribution in [-0.2, 0) is 5.54 Å². The second-order valence-corrected chi connectivity index (χ2v) is 5.89. The van der Waals surface area contributed by atoms with Crippen LogP contribution in [0.4, 0.5) is 5.69 Å². The van der Waals surface area contributed by atoms with Crippen LogP contribution in [0.2, 0.25) is 0 Å². The number of piperazine rings is 1. The Morgan fingerprint density at radius 2 is 1.60 bits per heavy atom. The molecule has 104 valence electrons. The highest BCUT2D eigenvalue weighted by Crippen LogP contribution is 2.29. The Labute approximate surface area is 121 Å². The summed E-state index contributed by atoms with van der Waals surface area (Å²) in [5.74, 6) is 0. The van der Waals surface area contributed by atoms with E-state index in [0.29, 0.717) is 6.04 Å². The zero-order valence-electron chi connectivity index (χ0n) is 12.2. The summed E-state index contributed by atoms with van der Waals surface area (Å²) >= 11 is 0. The maximum Gasteiger partial charge on any atom is 0.0584 e. The lowest BCUT2D eigenvalue weighted by molar-refractivity contribution is 0.299. The minimum atomic E-state index is 0.00358. The highest BCUT2D eigenvalue weighted by molar-refractivity contribution is 5.49. The summed E-state index contributed by atoms with van der Waals surface area (Å²) in [7, 11) is 0. The van der Waals surface area contributed by atoms with E-state index in [-0.39, 0.29) is 5.54 Å². The van der Waals surface area contributed by atoms with Gasteiger partial charge >= 0.3 is 0 Å². The van der Waals surface area contributed by atoms with Gasteiger partial charge in [-0.05, 0) is 31.5 Å². The fraction of sp³-hybridized carbons (Fsp3) is 0.333. The summed E-state index contributed by atoms with van der Waals surface area (Å²) < 4.78 is 0. The molecule has 20 heavy (non-hydrogen) atoms. The number of hydrogen-bond acceptors (Lipinski definition) is 2. The highest BCUT2D eigenvalue weighted by atomic mass is 15.3. The standard InChI is InChI=1S/C18H22N2/c1-15-13-19-18(2,16-9-5-3-6-10-16)14-20(15)17-11-7-4-8-12-17/h3-12,15,19H,13-14H2,1-2H3. The summed E-state index contributed by atoms with van der Waals surface area (Å²) in [5.41, 5.74) is 2.67.